The van der Waals surface area contributed by atoms with Crippen molar-refractivity contribution in [3.05, 3.63) is 35.4 Å². The summed E-state index contributed by atoms with van der Waals surface area (Å²) in [6, 6.07) is 8.25. The van der Waals surface area contributed by atoms with Crippen molar-refractivity contribution < 1.29 is 4.79 Å². The molecular weight excluding hydrogens is 224 g/mol. The number of nitrogens with one attached hydrogen (secondary N) is 2. The van der Waals surface area contributed by atoms with E-state index in [1.54, 1.807) is 0 Å². The molecule has 0 aromatic heterocycles. The Morgan fingerprint density at radius 3 is 3.06 bits per heavy atom. The van der Waals surface area contributed by atoms with Crippen LogP contribution in [0.3, 0.4) is 0 Å². The number of hydrogen-bond donors (Lipinski definition) is 2. The Morgan fingerprint density at radius 1 is 1.39 bits per heavy atom. The van der Waals surface area contributed by atoms with E-state index in [-0.39, 0.29) is 11.8 Å². The molecule has 2 N–H and O–H groups in total. The summed E-state index contributed by atoms with van der Waals surface area (Å²) in [6.45, 7) is 2.99. The van der Waals surface area contributed by atoms with Gasteiger partial charge in [-0.15, -0.1) is 0 Å². The van der Waals surface area contributed by atoms with Gasteiger partial charge in [0.25, 0.3) is 0 Å². The lowest BCUT2D eigenvalue weighted by Gasteiger charge is -2.30. The maximum Gasteiger partial charge on any atom is 0.227 e. The van der Waals surface area contributed by atoms with E-state index in [1.807, 2.05) is 12.1 Å². The Hall–Kier alpha value is -1.35. The molecule has 2 atom stereocenters. The summed E-state index contributed by atoms with van der Waals surface area (Å²) < 4.78 is 0. The van der Waals surface area contributed by atoms with Crippen LogP contribution in [0.4, 0.5) is 0 Å². The highest BCUT2D eigenvalue weighted by Crippen LogP contribution is 2.34. The van der Waals surface area contributed by atoms with E-state index in [4.69, 9.17) is 0 Å². The molecule has 1 heterocycles. The molecular formula is C15H20N2O. The Balaban J connectivity index is 1.51. The normalized spacial score (nSPS) is 26.0. The average molecular weight is 244 g/mol. The molecule has 1 saturated heterocycles. The van der Waals surface area contributed by atoms with Crippen LogP contribution in [0.5, 0.6) is 0 Å². The van der Waals surface area contributed by atoms with Crippen molar-refractivity contribution in [1.82, 2.24) is 10.6 Å². The first-order chi connectivity index (χ1) is 8.84. The topological polar surface area (TPSA) is 41.1 Å². The van der Waals surface area contributed by atoms with E-state index in [2.05, 4.69) is 22.8 Å². The van der Waals surface area contributed by atoms with E-state index in [0.717, 1.165) is 26.1 Å². The summed E-state index contributed by atoms with van der Waals surface area (Å²) >= 11 is 0. The second-order valence-electron chi connectivity index (χ2n) is 5.41. The van der Waals surface area contributed by atoms with Crippen LogP contribution in [0, 0.1) is 5.92 Å². The molecule has 18 heavy (non-hydrogen) atoms. The molecule has 1 aliphatic carbocycles. The van der Waals surface area contributed by atoms with Crippen LogP contribution in [-0.2, 0) is 11.2 Å². The van der Waals surface area contributed by atoms with Gasteiger partial charge in [0.05, 0.1) is 5.92 Å². The minimum atomic E-state index is 0.0951. The van der Waals surface area contributed by atoms with Gasteiger partial charge in [-0.3, -0.25) is 4.79 Å². The summed E-state index contributed by atoms with van der Waals surface area (Å²) in [5, 5.41) is 6.50. The van der Waals surface area contributed by atoms with E-state index in [0.29, 0.717) is 5.92 Å². The highest BCUT2D eigenvalue weighted by Gasteiger charge is 2.31. The third-order valence-corrected chi connectivity index (χ3v) is 4.13. The number of hydrogen-bond acceptors (Lipinski definition) is 2. The molecule has 3 nitrogen and oxygen atoms in total. The summed E-state index contributed by atoms with van der Waals surface area (Å²) in [7, 11) is 0. The molecule has 1 amide bonds. The van der Waals surface area contributed by atoms with Gasteiger partial charge < -0.3 is 10.6 Å². The summed E-state index contributed by atoms with van der Waals surface area (Å²) in [5.74, 6) is 0.912. The van der Waals surface area contributed by atoms with Crippen LogP contribution in [-0.4, -0.2) is 25.5 Å². The SMILES string of the molecule is O=C(NCC1CCCNC1)C1Cc2ccccc21. The molecule has 1 fully saturated rings. The molecule has 1 aromatic rings. The van der Waals surface area contributed by atoms with Gasteiger partial charge in [-0.2, -0.15) is 0 Å². The van der Waals surface area contributed by atoms with Crippen LogP contribution in [0.25, 0.3) is 0 Å². The fourth-order valence-corrected chi connectivity index (χ4v) is 2.96. The van der Waals surface area contributed by atoms with Crippen LogP contribution < -0.4 is 10.6 Å². The summed E-state index contributed by atoms with van der Waals surface area (Å²) in [6.07, 6.45) is 3.37. The number of rotatable bonds is 3. The Kier molecular flexibility index (Phi) is 3.33. The molecule has 0 saturated carbocycles. The van der Waals surface area contributed by atoms with Crippen molar-refractivity contribution in [3.8, 4) is 0 Å². The third kappa shape index (κ3) is 2.27. The lowest BCUT2D eigenvalue weighted by atomic mass is 9.77. The lowest BCUT2D eigenvalue weighted by molar-refractivity contribution is -0.123. The van der Waals surface area contributed by atoms with Crippen LogP contribution in [0.15, 0.2) is 24.3 Å². The minimum Gasteiger partial charge on any atom is -0.355 e. The van der Waals surface area contributed by atoms with Crippen molar-refractivity contribution in [2.24, 2.45) is 5.92 Å². The molecule has 3 rings (SSSR count). The number of benzene rings is 1. The second kappa shape index (κ2) is 5.11. The molecule has 96 valence electrons. The second-order valence-corrected chi connectivity index (χ2v) is 5.41. The van der Waals surface area contributed by atoms with Gasteiger partial charge in [0.1, 0.15) is 0 Å². The maximum absolute atomic E-state index is 12.1. The summed E-state index contributed by atoms with van der Waals surface area (Å²) in [4.78, 5) is 12.1. The van der Waals surface area contributed by atoms with Gasteiger partial charge in [-0.25, -0.2) is 0 Å². The maximum atomic E-state index is 12.1. The first-order valence-electron chi connectivity index (χ1n) is 6.91. The van der Waals surface area contributed by atoms with Crippen molar-refractivity contribution in [2.75, 3.05) is 19.6 Å². The Labute approximate surface area is 108 Å². The molecule has 0 spiro atoms. The predicted molar refractivity (Wildman–Crippen MR) is 71.5 cm³/mol. The van der Waals surface area contributed by atoms with Gasteiger partial charge in [-0.05, 0) is 49.4 Å². The highest BCUT2D eigenvalue weighted by atomic mass is 16.1. The van der Waals surface area contributed by atoms with Crippen molar-refractivity contribution in [2.45, 2.75) is 25.2 Å². The zero-order valence-corrected chi connectivity index (χ0v) is 10.6. The number of piperidine rings is 1. The largest absolute Gasteiger partial charge is 0.355 e. The van der Waals surface area contributed by atoms with Gasteiger partial charge >= 0.3 is 0 Å². The number of amides is 1. The smallest absolute Gasteiger partial charge is 0.227 e. The van der Waals surface area contributed by atoms with Crippen molar-refractivity contribution in [3.63, 3.8) is 0 Å². The molecule has 0 bridgehead atoms. The van der Waals surface area contributed by atoms with Crippen LogP contribution in [0.1, 0.15) is 29.9 Å². The molecule has 1 aromatic carbocycles. The molecule has 2 aliphatic rings. The van der Waals surface area contributed by atoms with E-state index in [1.165, 1.54) is 24.0 Å². The van der Waals surface area contributed by atoms with Crippen LogP contribution in [0.2, 0.25) is 0 Å². The molecule has 0 radical (unpaired) electrons. The van der Waals surface area contributed by atoms with E-state index >= 15 is 0 Å². The monoisotopic (exact) mass is 244 g/mol. The Bertz CT molecular complexity index is 438. The van der Waals surface area contributed by atoms with Crippen molar-refractivity contribution in [1.29, 1.82) is 0 Å². The van der Waals surface area contributed by atoms with Gasteiger partial charge in [0.2, 0.25) is 5.91 Å². The average Bonchev–Trinajstić information content (AvgIpc) is 2.39. The van der Waals surface area contributed by atoms with Crippen LogP contribution >= 0.6 is 0 Å². The van der Waals surface area contributed by atoms with E-state index in [9.17, 15) is 4.79 Å². The third-order valence-electron chi connectivity index (χ3n) is 4.13. The fourth-order valence-electron chi connectivity index (χ4n) is 2.96. The van der Waals surface area contributed by atoms with Gasteiger partial charge in [-0.1, -0.05) is 24.3 Å². The van der Waals surface area contributed by atoms with Crippen molar-refractivity contribution >= 4 is 5.91 Å². The number of carbonyl (C=O) groups is 1. The number of carbonyl (C=O) groups excluding carboxylic acids is 1. The summed E-state index contributed by atoms with van der Waals surface area (Å²) in [5.41, 5.74) is 2.55. The quantitative estimate of drug-likeness (QED) is 0.845. The molecule has 2 unspecified atom stereocenters. The molecule has 1 aliphatic heterocycles. The van der Waals surface area contributed by atoms with Gasteiger partial charge in [0, 0.05) is 6.54 Å². The zero-order valence-electron chi connectivity index (χ0n) is 10.6. The number of fused-ring (bicyclic) bond motifs is 1. The zero-order chi connectivity index (χ0) is 12.4. The fraction of sp³-hybridized carbons (Fsp3) is 0.533. The first kappa shape index (κ1) is 11.7. The Morgan fingerprint density at radius 2 is 2.28 bits per heavy atom. The standard InChI is InChI=1S/C15H20N2O/c18-15(17-10-11-4-3-7-16-9-11)14-8-12-5-1-2-6-13(12)14/h1-2,5-6,11,14,16H,3-4,7-10H2,(H,17,18). The first-order valence-corrected chi connectivity index (χ1v) is 6.91. The highest BCUT2D eigenvalue weighted by molar-refractivity contribution is 5.86. The minimum absolute atomic E-state index is 0.0951. The molecule has 3 heteroatoms. The van der Waals surface area contributed by atoms with Gasteiger partial charge in [0.15, 0.2) is 0 Å². The predicted octanol–water partition coefficient (Wildman–Crippen LogP) is 1.44. The van der Waals surface area contributed by atoms with E-state index < -0.39 is 0 Å². The lowest BCUT2D eigenvalue weighted by Crippen LogP contribution is -2.41.